The number of methoxy groups -OCH3 is 1. The van der Waals surface area contributed by atoms with E-state index in [0.29, 0.717) is 22.9 Å². The zero-order valence-corrected chi connectivity index (χ0v) is 15.5. The number of fused-ring (bicyclic) bond motifs is 3. The second-order valence-electron chi connectivity index (χ2n) is 5.81. The van der Waals surface area contributed by atoms with Gasteiger partial charge in [-0.2, -0.15) is 0 Å². The summed E-state index contributed by atoms with van der Waals surface area (Å²) >= 11 is 0. The molecule has 0 aliphatic heterocycles. The van der Waals surface area contributed by atoms with E-state index in [9.17, 15) is 8.42 Å². The summed E-state index contributed by atoms with van der Waals surface area (Å²) in [7, 11) is -0.699. The fourth-order valence-electron chi connectivity index (χ4n) is 2.97. The number of ether oxygens (including phenoxy) is 1. The van der Waals surface area contributed by atoms with Gasteiger partial charge in [-0.05, 0) is 31.3 Å². The summed E-state index contributed by atoms with van der Waals surface area (Å²) in [5.74, 6) is 1.05. The van der Waals surface area contributed by atoms with Crippen molar-refractivity contribution in [3.8, 4) is 5.75 Å². The highest BCUT2D eigenvalue weighted by atomic mass is 32.2. The van der Waals surface area contributed by atoms with E-state index in [-0.39, 0.29) is 4.90 Å². The van der Waals surface area contributed by atoms with Gasteiger partial charge in [0.1, 0.15) is 23.5 Å². The molecule has 0 bridgehead atoms. The van der Waals surface area contributed by atoms with Crippen molar-refractivity contribution in [1.29, 1.82) is 0 Å². The first kappa shape index (κ1) is 17.3. The molecular formula is C18H17N5O3S. The van der Waals surface area contributed by atoms with Crippen molar-refractivity contribution in [1.82, 2.24) is 19.7 Å². The molecule has 0 unspecified atom stereocenters. The van der Waals surface area contributed by atoms with Gasteiger partial charge in [-0.15, -0.1) is 0 Å². The lowest BCUT2D eigenvalue weighted by molar-refractivity contribution is 0.416. The number of para-hydroxylation sites is 1. The van der Waals surface area contributed by atoms with Gasteiger partial charge in [0.05, 0.1) is 23.1 Å². The summed E-state index contributed by atoms with van der Waals surface area (Å²) in [4.78, 5) is 12.0. The predicted octanol–water partition coefficient (Wildman–Crippen LogP) is 2.77. The quantitative estimate of drug-likeness (QED) is 0.489. The van der Waals surface area contributed by atoms with Gasteiger partial charge >= 0.3 is 0 Å². The fourth-order valence-corrected chi connectivity index (χ4v) is 3.72. The van der Waals surface area contributed by atoms with Gasteiger partial charge in [-0.25, -0.2) is 23.1 Å². The van der Waals surface area contributed by atoms with Crippen molar-refractivity contribution >= 4 is 43.5 Å². The third-order valence-corrected chi connectivity index (χ3v) is 5.71. The Morgan fingerprint density at radius 3 is 2.70 bits per heavy atom. The SMILES string of the molecule is CNS(=O)(=O)c1ccc(OC)c(Nc2ncnc3[nH]c4ccccc4c23)c1. The summed E-state index contributed by atoms with van der Waals surface area (Å²) in [6.45, 7) is 0. The van der Waals surface area contributed by atoms with Crippen molar-refractivity contribution in [3.63, 3.8) is 0 Å². The molecule has 0 aliphatic carbocycles. The third kappa shape index (κ3) is 2.96. The molecule has 0 saturated carbocycles. The van der Waals surface area contributed by atoms with Crippen molar-refractivity contribution in [3.05, 3.63) is 48.8 Å². The lowest BCUT2D eigenvalue weighted by atomic mass is 10.2. The number of sulfonamides is 1. The molecule has 0 atom stereocenters. The van der Waals surface area contributed by atoms with E-state index in [2.05, 4.69) is 25.0 Å². The van der Waals surface area contributed by atoms with Crippen molar-refractivity contribution in [2.45, 2.75) is 4.90 Å². The smallest absolute Gasteiger partial charge is 0.240 e. The summed E-state index contributed by atoms with van der Waals surface area (Å²) in [6.07, 6.45) is 1.45. The highest BCUT2D eigenvalue weighted by molar-refractivity contribution is 7.89. The molecule has 27 heavy (non-hydrogen) atoms. The number of aromatic nitrogens is 3. The van der Waals surface area contributed by atoms with E-state index in [1.54, 1.807) is 6.07 Å². The maximum absolute atomic E-state index is 12.1. The van der Waals surface area contributed by atoms with E-state index in [0.717, 1.165) is 16.3 Å². The van der Waals surface area contributed by atoms with Crippen LogP contribution in [0.4, 0.5) is 11.5 Å². The van der Waals surface area contributed by atoms with E-state index < -0.39 is 10.0 Å². The lowest BCUT2D eigenvalue weighted by Crippen LogP contribution is -2.18. The number of hydrogen-bond donors (Lipinski definition) is 3. The lowest BCUT2D eigenvalue weighted by Gasteiger charge is -2.13. The Bertz CT molecular complexity index is 1250. The maximum atomic E-state index is 12.1. The van der Waals surface area contributed by atoms with E-state index in [1.165, 1.54) is 32.6 Å². The van der Waals surface area contributed by atoms with Crippen molar-refractivity contribution < 1.29 is 13.2 Å². The van der Waals surface area contributed by atoms with Crippen LogP contribution in [0.25, 0.3) is 21.9 Å². The first-order valence-electron chi connectivity index (χ1n) is 8.13. The fraction of sp³-hybridized carbons (Fsp3) is 0.111. The highest BCUT2D eigenvalue weighted by Gasteiger charge is 2.17. The summed E-state index contributed by atoms with van der Waals surface area (Å²) < 4.78 is 32.0. The molecule has 2 aromatic heterocycles. The standard InChI is InChI=1S/C18H17N5O3S/c1-19-27(24,25)11-7-8-15(26-2)14(9-11)23-18-16-12-5-3-4-6-13(12)22-17(16)20-10-21-18/h3-10,19H,1-2H3,(H2,20,21,22,23). The van der Waals surface area contributed by atoms with Crippen LogP contribution in [0.5, 0.6) is 5.75 Å². The van der Waals surface area contributed by atoms with Crippen LogP contribution < -0.4 is 14.8 Å². The minimum atomic E-state index is -3.59. The largest absolute Gasteiger partial charge is 0.495 e. The van der Waals surface area contributed by atoms with Crippen molar-refractivity contribution in [2.24, 2.45) is 0 Å². The summed E-state index contributed by atoms with van der Waals surface area (Å²) in [6, 6.07) is 12.4. The van der Waals surface area contributed by atoms with E-state index >= 15 is 0 Å². The molecule has 2 aromatic carbocycles. The van der Waals surface area contributed by atoms with Gasteiger partial charge in [0.15, 0.2) is 0 Å². The number of nitrogens with one attached hydrogen (secondary N) is 3. The molecule has 0 saturated heterocycles. The molecule has 3 N–H and O–H groups in total. The summed E-state index contributed by atoms with van der Waals surface area (Å²) in [5.41, 5.74) is 2.11. The number of aromatic amines is 1. The van der Waals surface area contributed by atoms with Gasteiger partial charge in [0.25, 0.3) is 0 Å². The molecule has 4 rings (SSSR count). The van der Waals surface area contributed by atoms with Crippen molar-refractivity contribution in [2.75, 3.05) is 19.5 Å². The van der Waals surface area contributed by atoms with Crippen LogP contribution in [0.2, 0.25) is 0 Å². The van der Waals surface area contributed by atoms with Crippen LogP contribution >= 0.6 is 0 Å². The Kier molecular flexibility index (Phi) is 4.17. The molecule has 0 fully saturated rings. The Hall–Kier alpha value is -3.17. The Labute approximate surface area is 155 Å². The first-order valence-corrected chi connectivity index (χ1v) is 9.62. The molecule has 0 radical (unpaired) electrons. The van der Waals surface area contributed by atoms with Crippen LogP contribution in [-0.4, -0.2) is 37.5 Å². The molecule has 0 amide bonds. The average Bonchev–Trinajstić information content (AvgIpc) is 3.07. The van der Waals surface area contributed by atoms with Crippen LogP contribution in [0.3, 0.4) is 0 Å². The second kappa shape index (κ2) is 6.53. The minimum Gasteiger partial charge on any atom is -0.495 e. The van der Waals surface area contributed by atoms with Crippen LogP contribution in [-0.2, 0) is 10.0 Å². The van der Waals surface area contributed by atoms with Crippen LogP contribution in [0.1, 0.15) is 0 Å². The molecular weight excluding hydrogens is 366 g/mol. The number of rotatable bonds is 5. The monoisotopic (exact) mass is 383 g/mol. The first-order chi connectivity index (χ1) is 13.0. The van der Waals surface area contributed by atoms with Gasteiger partial charge in [0, 0.05) is 10.9 Å². The number of hydrogen-bond acceptors (Lipinski definition) is 6. The van der Waals surface area contributed by atoms with Gasteiger partial charge in [-0.3, -0.25) is 0 Å². The zero-order chi connectivity index (χ0) is 19.0. The molecule has 9 heteroatoms. The number of nitrogens with zero attached hydrogens (tertiary/aromatic N) is 2. The van der Waals surface area contributed by atoms with E-state index in [4.69, 9.17) is 4.74 Å². The normalized spacial score (nSPS) is 11.8. The van der Waals surface area contributed by atoms with Gasteiger partial charge < -0.3 is 15.0 Å². The predicted molar refractivity (Wildman–Crippen MR) is 104 cm³/mol. The number of benzene rings is 2. The third-order valence-electron chi connectivity index (χ3n) is 4.30. The van der Waals surface area contributed by atoms with Crippen LogP contribution in [0, 0.1) is 0 Å². The number of anilines is 2. The van der Waals surface area contributed by atoms with Crippen LogP contribution in [0.15, 0.2) is 53.7 Å². The topological polar surface area (TPSA) is 109 Å². The second-order valence-corrected chi connectivity index (χ2v) is 7.70. The Morgan fingerprint density at radius 2 is 1.93 bits per heavy atom. The number of H-pyrrole nitrogens is 1. The van der Waals surface area contributed by atoms with Gasteiger partial charge in [-0.1, -0.05) is 18.2 Å². The molecule has 2 heterocycles. The highest BCUT2D eigenvalue weighted by Crippen LogP contribution is 2.34. The van der Waals surface area contributed by atoms with Gasteiger partial charge in [0.2, 0.25) is 10.0 Å². The summed E-state index contributed by atoms with van der Waals surface area (Å²) in [5, 5.41) is 4.98. The molecule has 0 aliphatic rings. The molecule has 138 valence electrons. The zero-order valence-electron chi connectivity index (χ0n) is 14.6. The average molecular weight is 383 g/mol. The Morgan fingerprint density at radius 1 is 1.11 bits per heavy atom. The maximum Gasteiger partial charge on any atom is 0.240 e. The molecule has 8 nitrogen and oxygen atoms in total. The van der Waals surface area contributed by atoms with E-state index in [1.807, 2.05) is 24.3 Å². The molecule has 0 spiro atoms. The minimum absolute atomic E-state index is 0.123. The Balaban J connectivity index is 1.88. The molecule has 4 aromatic rings.